The largest absolute Gasteiger partial charge is 0.494 e. The molecule has 1 aliphatic heterocycles. The highest BCUT2D eigenvalue weighted by Gasteiger charge is 2.34. The summed E-state index contributed by atoms with van der Waals surface area (Å²) in [5.74, 6) is 1.41. The first-order valence-electron chi connectivity index (χ1n) is 11.7. The number of amides is 1. The molecule has 3 aromatic carbocycles. The second kappa shape index (κ2) is 9.49. The van der Waals surface area contributed by atoms with Crippen molar-refractivity contribution in [2.45, 2.75) is 38.6 Å². The fourth-order valence-electron chi connectivity index (χ4n) is 4.36. The van der Waals surface area contributed by atoms with E-state index in [0.29, 0.717) is 24.6 Å². The minimum absolute atomic E-state index is 0.00448. The third-order valence-corrected chi connectivity index (χ3v) is 6.18. The quantitative estimate of drug-likeness (QED) is 0.302. The highest BCUT2D eigenvalue weighted by atomic mass is 16.5. The van der Waals surface area contributed by atoms with Crippen LogP contribution >= 0.6 is 0 Å². The van der Waals surface area contributed by atoms with Crippen LogP contribution in [-0.4, -0.2) is 28.9 Å². The number of hydrogen-bond acceptors (Lipinski definition) is 4. The van der Waals surface area contributed by atoms with E-state index in [2.05, 4.69) is 25.1 Å². The molecule has 1 atom stereocenters. The summed E-state index contributed by atoms with van der Waals surface area (Å²) in [6.07, 6.45) is 3.90. The Labute approximate surface area is 194 Å². The van der Waals surface area contributed by atoms with Gasteiger partial charge in [-0.15, -0.1) is 0 Å². The number of rotatable bonds is 7. The lowest BCUT2D eigenvalue weighted by molar-refractivity contribution is 0.0717. The van der Waals surface area contributed by atoms with Gasteiger partial charge in [0.2, 0.25) is 5.89 Å². The lowest BCUT2D eigenvalue weighted by Crippen LogP contribution is -2.30. The van der Waals surface area contributed by atoms with Crippen LogP contribution in [0.1, 0.15) is 54.9 Å². The van der Waals surface area contributed by atoms with Crippen LogP contribution in [0.3, 0.4) is 0 Å². The topological polar surface area (TPSA) is 55.6 Å². The number of unbranched alkanes of at least 4 members (excludes halogenated alkanes) is 1. The first-order chi connectivity index (χ1) is 16.2. The van der Waals surface area contributed by atoms with E-state index in [1.54, 1.807) is 0 Å². The molecule has 0 saturated carbocycles. The summed E-state index contributed by atoms with van der Waals surface area (Å²) in [5.41, 5.74) is 4.47. The van der Waals surface area contributed by atoms with Crippen molar-refractivity contribution in [3.63, 3.8) is 0 Å². The predicted octanol–water partition coefficient (Wildman–Crippen LogP) is 6.65. The number of ether oxygens (including phenoxy) is 1. The molecule has 1 saturated heterocycles. The Balaban J connectivity index is 1.35. The molecule has 1 aromatic heterocycles. The third kappa shape index (κ3) is 4.49. The van der Waals surface area contributed by atoms with Gasteiger partial charge in [-0.05, 0) is 66.8 Å². The van der Waals surface area contributed by atoms with Gasteiger partial charge in [0.15, 0.2) is 5.58 Å². The molecule has 1 amide bonds. The van der Waals surface area contributed by atoms with Crippen molar-refractivity contribution >= 4 is 17.0 Å². The molecule has 2 heterocycles. The number of oxazole rings is 1. The van der Waals surface area contributed by atoms with Crippen LogP contribution in [0, 0.1) is 0 Å². The molecule has 0 unspecified atom stereocenters. The second-order valence-electron chi connectivity index (χ2n) is 8.48. The van der Waals surface area contributed by atoms with Crippen molar-refractivity contribution in [3.8, 4) is 16.9 Å². The molecule has 168 valence electrons. The Hall–Kier alpha value is -3.60. The van der Waals surface area contributed by atoms with Gasteiger partial charge in [0.1, 0.15) is 17.3 Å². The molecule has 0 spiro atoms. The summed E-state index contributed by atoms with van der Waals surface area (Å²) < 4.78 is 11.8. The van der Waals surface area contributed by atoms with Crippen LogP contribution in [0.4, 0.5) is 0 Å². The Morgan fingerprint density at radius 2 is 1.88 bits per heavy atom. The van der Waals surface area contributed by atoms with E-state index in [-0.39, 0.29) is 11.9 Å². The molecule has 0 N–H and O–H groups in total. The fraction of sp³-hybridized carbons (Fsp3) is 0.286. The van der Waals surface area contributed by atoms with E-state index in [9.17, 15) is 4.79 Å². The Morgan fingerprint density at radius 3 is 2.67 bits per heavy atom. The van der Waals surface area contributed by atoms with E-state index in [0.717, 1.165) is 53.7 Å². The Morgan fingerprint density at radius 1 is 1.06 bits per heavy atom. The van der Waals surface area contributed by atoms with Crippen molar-refractivity contribution in [1.82, 2.24) is 9.88 Å². The lowest BCUT2D eigenvalue weighted by atomic mass is 10.1. The summed E-state index contributed by atoms with van der Waals surface area (Å²) >= 11 is 0. The maximum Gasteiger partial charge on any atom is 0.254 e. The average molecular weight is 441 g/mol. The second-order valence-corrected chi connectivity index (χ2v) is 8.48. The summed E-state index contributed by atoms with van der Waals surface area (Å²) in [5, 5.41) is 0. The smallest absolute Gasteiger partial charge is 0.254 e. The number of likely N-dealkylation sites (tertiary alicyclic amines) is 1. The van der Waals surface area contributed by atoms with Gasteiger partial charge in [-0.3, -0.25) is 4.79 Å². The van der Waals surface area contributed by atoms with Crippen LogP contribution in [-0.2, 0) is 0 Å². The van der Waals surface area contributed by atoms with Crippen LogP contribution in [0.2, 0.25) is 0 Å². The normalized spacial score (nSPS) is 15.8. The summed E-state index contributed by atoms with van der Waals surface area (Å²) in [6, 6.07) is 23.6. The molecule has 0 radical (unpaired) electrons. The Kier molecular flexibility index (Phi) is 6.11. The number of nitrogens with zero attached hydrogens (tertiary/aromatic N) is 2. The number of aromatic nitrogens is 1. The molecule has 0 bridgehead atoms. The zero-order chi connectivity index (χ0) is 22.6. The van der Waals surface area contributed by atoms with E-state index < -0.39 is 0 Å². The Bertz CT molecular complexity index is 1230. The van der Waals surface area contributed by atoms with Gasteiger partial charge >= 0.3 is 0 Å². The highest BCUT2D eigenvalue weighted by Crippen LogP contribution is 2.35. The zero-order valence-electron chi connectivity index (χ0n) is 18.9. The van der Waals surface area contributed by atoms with Gasteiger partial charge in [-0.25, -0.2) is 4.98 Å². The molecule has 5 nitrogen and oxygen atoms in total. The molecular formula is C28H28N2O3. The highest BCUT2D eigenvalue weighted by molar-refractivity contribution is 5.94. The minimum Gasteiger partial charge on any atom is -0.494 e. The van der Waals surface area contributed by atoms with Crippen molar-refractivity contribution in [1.29, 1.82) is 0 Å². The molecule has 33 heavy (non-hydrogen) atoms. The van der Waals surface area contributed by atoms with Crippen molar-refractivity contribution < 1.29 is 13.9 Å². The van der Waals surface area contributed by atoms with Crippen molar-refractivity contribution in [3.05, 3.63) is 84.3 Å². The zero-order valence-corrected chi connectivity index (χ0v) is 18.9. The van der Waals surface area contributed by atoms with Gasteiger partial charge in [-0.1, -0.05) is 49.7 Å². The first kappa shape index (κ1) is 21.3. The molecule has 4 aromatic rings. The summed E-state index contributed by atoms with van der Waals surface area (Å²) in [7, 11) is 0. The van der Waals surface area contributed by atoms with Gasteiger partial charge in [0.05, 0.1) is 6.61 Å². The van der Waals surface area contributed by atoms with Crippen LogP contribution in [0.15, 0.2) is 77.2 Å². The molecule has 5 rings (SSSR count). The minimum atomic E-state index is -0.148. The number of carbonyl (C=O) groups is 1. The van der Waals surface area contributed by atoms with Crippen molar-refractivity contribution in [2.24, 2.45) is 0 Å². The third-order valence-electron chi connectivity index (χ3n) is 6.18. The average Bonchev–Trinajstić information content (AvgIpc) is 3.51. The van der Waals surface area contributed by atoms with Crippen LogP contribution in [0.25, 0.3) is 22.2 Å². The SMILES string of the molecule is CCCCOc1ccc(C(=O)N2CCC[C@H]2c2nc3cc(-c4ccccc4)ccc3o2)cc1. The molecular weight excluding hydrogens is 412 g/mol. The summed E-state index contributed by atoms with van der Waals surface area (Å²) in [4.78, 5) is 19.9. The van der Waals surface area contributed by atoms with Gasteiger partial charge in [0.25, 0.3) is 5.91 Å². The van der Waals surface area contributed by atoms with Gasteiger partial charge < -0.3 is 14.1 Å². The van der Waals surface area contributed by atoms with E-state index in [1.807, 2.05) is 59.5 Å². The van der Waals surface area contributed by atoms with E-state index in [4.69, 9.17) is 14.1 Å². The maximum atomic E-state index is 13.3. The molecule has 5 heteroatoms. The number of hydrogen-bond donors (Lipinski definition) is 0. The van der Waals surface area contributed by atoms with Gasteiger partial charge in [-0.2, -0.15) is 0 Å². The lowest BCUT2D eigenvalue weighted by Gasteiger charge is -2.22. The molecule has 1 fully saturated rings. The van der Waals surface area contributed by atoms with E-state index in [1.165, 1.54) is 0 Å². The first-order valence-corrected chi connectivity index (χ1v) is 11.7. The van der Waals surface area contributed by atoms with E-state index >= 15 is 0 Å². The number of carbonyl (C=O) groups excluding carboxylic acids is 1. The van der Waals surface area contributed by atoms with Crippen molar-refractivity contribution in [2.75, 3.05) is 13.2 Å². The molecule has 1 aliphatic rings. The predicted molar refractivity (Wildman–Crippen MR) is 129 cm³/mol. The fourth-order valence-corrected chi connectivity index (χ4v) is 4.36. The monoisotopic (exact) mass is 440 g/mol. The van der Waals surface area contributed by atoms with Crippen LogP contribution < -0.4 is 4.74 Å². The standard InChI is InChI=1S/C28H28N2O3/c1-2-3-18-32-23-14-11-21(12-15-23)28(31)30-17-7-10-25(30)27-29-24-19-22(13-16-26(24)33-27)20-8-5-4-6-9-20/h4-6,8-9,11-16,19,25H,2-3,7,10,17-18H2,1H3/t25-/m0/s1. The van der Waals surface area contributed by atoms with Gasteiger partial charge in [0, 0.05) is 12.1 Å². The molecule has 0 aliphatic carbocycles. The van der Waals surface area contributed by atoms with Crippen LogP contribution in [0.5, 0.6) is 5.75 Å². The summed E-state index contributed by atoms with van der Waals surface area (Å²) in [6.45, 7) is 3.53. The maximum absolute atomic E-state index is 13.3. The number of fused-ring (bicyclic) bond motifs is 1. The number of benzene rings is 3.